The highest BCUT2D eigenvalue weighted by atomic mass is 16.5. The van der Waals surface area contributed by atoms with Crippen LogP contribution in [0.4, 0.5) is 5.82 Å². The van der Waals surface area contributed by atoms with E-state index >= 15 is 0 Å². The lowest BCUT2D eigenvalue weighted by Gasteiger charge is -2.20. The van der Waals surface area contributed by atoms with Crippen molar-refractivity contribution in [3.05, 3.63) is 12.1 Å². The molecule has 0 fully saturated rings. The van der Waals surface area contributed by atoms with Crippen LogP contribution in [0, 0.1) is 5.92 Å². The molecule has 0 saturated heterocycles. The molecule has 0 aromatic carbocycles. The summed E-state index contributed by atoms with van der Waals surface area (Å²) >= 11 is 0. The topological polar surface area (TPSA) is 82.8 Å². The highest BCUT2D eigenvalue weighted by Gasteiger charge is 2.22. The Kier molecular flexibility index (Phi) is 3.83. The van der Waals surface area contributed by atoms with E-state index in [1.807, 2.05) is 20.8 Å². The molecule has 6 heteroatoms. The van der Waals surface area contributed by atoms with Crippen molar-refractivity contribution in [3.63, 3.8) is 0 Å². The minimum absolute atomic E-state index is 0.174. The molecule has 2 rings (SSSR count). The summed E-state index contributed by atoms with van der Waals surface area (Å²) < 4.78 is 7.04. The minimum Gasteiger partial charge on any atom is -0.383 e. The minimum atomic E-state index is -0.174. The Balaban J connectivity index is 2.23. The summed E-state index contributed by atoms with van der Waals surface area (Å²) in [5.74, 6) is 2.33. The van der Waals surface area contributed by atoms with Crippen LogP contribution in [-0.4, -0.2) is 19.9 Å². The van der Waals surface area contributed by atoms with Crippen molar-refractivity contribution in [3.8, 4) is 11.4 Å². The molecular formula is C14H23N5O. The third kappa shape index (κ3) is 3.00. The number of hydrogen-bond donors (Lipinski definition) is 1. The van der Waals surface area contributed by atoms with Gasteiger partial charge in [0.05, 0.1) is 17.3 Å². The molecule has 0 atom stereocenters. The second-order valence-electron chi connectivity index (χ2n) is 6.47. The maximum atomic E-state index is 6.13. The first-order valence-electron chi connectivity index (χ1n) is 6.96. The van der Waals surface area contributed by atoms with E-state index in [9.17, 15) is 0 Å². The van der Waals surface area contributed by atoms with Gasteiger partial charge in [0.25, 0.3) is 0 Å². The second kappa shape index (κ2) is 5.26. The van der Waals surface area contributed by atoms with Crippen molar-refractivity contribution in [1.82, 2.24) is 19.9 Å². The zero-order chi connectivity index (χ0) is 14.9. The molecule has 0 aliphatic carbocycles. The van der Waals surface area contributed by atoms with Gasteiger partial charge in [-0.1, -0.05) is 19.0 Å². The van der Waals surface area contributed by atoms with E-state index in [-0.39, 0.29) is 5.54 Å². The standard InChI is InChI=1S/C14H23N5O/c1-9(2)6-7-11-17-13(18-20-11)10-8-16-19(12(10)15)14(3,4)5/h8-9H,6-7,15H2,1-5H3. The smallest absolute Gasteiger partial charge is 0.226 e. The van der Waals surface area contributed by atoms with Gasteiger partial charge in [-0.3, -0.25) is 0 Å². The van der Waals surface area contributed by atoms with Crippen LogP contribution in [-0.2, 0) is 12.0 Å². The molecule has 2 heterocycles. The Labute approximate surface area is 119 Å². The zero-order valence-electron chi connectivity index (χ0n) is 12.8. The summed E-state index contributed by atoms with van der Waals surface area (Å²) in [5, 5.41) is 8.32. The molecule has 110 valence electrons. The van der Waals surface area contributed by atoms with E-state index in [1.165, 1.54) is 0 Å². The fourth-order valence-corrected chi connectivity index (χ4v) is 1.94. The van der Waals surface area contributed by atoms with Crippen LogP contribution >= 0.6 is 0 Å². The number of anilines is 1. The maximum Gasteiger partial charge on any atom is 0.226 e. The fraction of sp³-hybridized carbons (Fsp3) is 0.643. The molecule has 0 spiro atoms. The van der Waals surface area contributed by atoms with Gasteiger partial charge in [0.15, 0.2) is 0 Å². The average molecular weight is 277 g/mol. The van der Waals surface area contributed by atoms with E-state index in [0.29, 0.717) is 23.5 Å². The van der Waals surface area contributed by atoms with E-state index in [1.54, 1.807) is 10.9 Å². The highest BCUT2D eigenvalue weighted by molar-refractivity contribution is 5.67. The summed E-state index contributed by atoms with van der Waals surface area (Å²) in [4.78, 5) is 4.40. The Hall–Kier alpha value is -1.85. The fourth-order valence-electron chi connectivity index (χ4n) is 1.94. The summed E-state index contributed by atoms with van der Waals surface area (Å²) in [5.41, 5.74) is 6.68. The molecular weight excluding hydrogens is 254 g/mol. The first-order chi connectivity index (χ1) is 9.29. The third-order valence-electron chi connectivity index (χ3n) is 3.09. The van der Waals surface area contributed by atoms with Gasteiger partial charge in [-0.2, -0.15) is 10.1 Å². The predicted octanol–water partition coefficient (Wildman–Crippen LogP) is 2.86. The summed E-state index contributed by atoms with van der Waals surface area (Å²) in [6.07, 6.45) is 3.51. The number of nitrogens with two attached hydrogens (primary N) is 1. The van der Waals surface area contributed by atoms with E-state index < -0.39 is 0 Å². The maximum absolute atomic E-state index is 6.13. The van der Waals surface area contributed by atoms with E-state index in [2.05, 4.69) is 29.1 Å². The quantitative estimate of drug-likeness (QED) is 0.929. The summed E-state index contributed by atoms with van der Waals surface area (Å²) in [6.45, 7) is 10.5. The largest absolute Gasteiger partial charge is 0.383 e. The lowest BCUT2D eigenvalue weighted by atomic mass is 10.1. The molecule has 0 amide bonds. The Morgan fingerprint density at radius 1 is 1.35 bits per heavy atom. The SMILES string of the molecule is CC(C)CCc1nc(-c2cnn(C(C)(C)C)c2N)no1. The van der Waals surface area contributed by atoms with Crippen molar-refractivity contribution < 1.29 is 4.52 Å². The molecule has 0 bridgehead atoms. The third-order valence-corrected chi connectivity index (χ3v) is 3.09. The van der Waals surface area contributed by atoms with Gasteiger partial charge in [-0.05, 0) is 33.1 Å². The van der Waals surface area contributed by atoms with Crippen LogP contribution in [0.15, 0.2) is 10.7 Å². The van der Waals surface area contributed by atoms with Gasteiger partial charge in [0.1, 0.15) is 5.82 Å². The molecule has 2 N–H and O–H groups in total. The number of rotatable bonds is 4. The van der Waals surface area contributed by atoms with Gasteiger partial charge in [0, 0.05) is 6.42 Å². The van der Waals surface area contributed by atoms with Crippen LogP contribution in [0.25, 0.3) is 11.4 Å². The molecule has 0 aliphatic heterocycles. The van der Waals surface area contributed by atoms with Crippen molar-refractivity contribution in [2.75, 3.05) is 5.73 Å². The van der Waals surface area contributed by atoms with Crippen LogP contribution in [0.3, 0.4) is 0 Å². The van der Waals surface area contributed by atoms with Crippen molar-refractivity contribution in [2.45, 2.75) is 53.0 Å². The average Bonchev–Trinajstić information content (AvgIpc) is 2.91. The molecule has 0 unspecified atom stereocenters. The Morgan fingerprint density at radius 3 is 2.60 bits per heavy atom. The molecule has 6 nitrogen and oxygen atoms in total. The number of nitrogen functional groups attached to an aromatic ring is 1. The van der Waals surface area contributed by atoms with Gasteiger partial charge in [-0.15, -0.1) is 0 Å². The monoisotopic (exact) mass is 277 g/mol. The predicted molar refractivity (Wildman–Crippen MR) is 78.1 cm³/mol. The summed E-state index contributed by atoms with van der Waals surface area (Å²) in [7, 11) is 0. The van der Waals surface area contributed by atoms with Gasteiger partial charge >= 0.3 is 0 Å². The summed E-state index contributed by atoms with van der Waals surface area (Å²) in [6, 6.07) is 0. The zero-order valence-corrected chi connectivity index (χ0v) is 12.8. The molecule has 0 saturated carbocycles. The van der Waals surface area contributed by atoms with Crippen molar-refractivity contribution in [1.29, 1.82) is 0 Å². The van der Waals surface area contributed by atoms with E-state index in [4.69, 9.17) is 10.3 Å². The van der Waals surface area contributed by atoms with Crippen LogP contribution in [0.2, 0.25) is 0 Å². The molecule has 2 aromatic heterocycles. The lowest BCUT2D eigenvalue weighted by molar-refractivity contribution is 0.361. The number of aryl methyl sites for hydroxylation is 1. The lowest BCUT2D eigenvalue weighted by Crippen LogP contribution is -2.24. The number of nitrogens with zero attached hydrogens (tertiary/aromatic N) is 4. The van der Waals surface area contributed by atoms with Crippen molar-refractivity contribution in [2.24, 2.45) is 5.92 Å². The molecule has 2 aromatic rings. The van der Waals surface area contributed by atoms with Crippen LogP contribution in [0.1, 0.15) is 46.9 Å². The highest BCUT2D eigenvalue weighted by Crippen LogP contribution is 2.27. The molecule has 20 heavy (non-hydrogen) atoms. The van der Waals surface area contributed by atoms with E-state index in [0.717, 1.165) is 18.4 Å². The van der Waals surface area contributed by atoms with Gasteiger partial charge in [-0.25, -0.2) is 4.68 Å². The second-order valence-corrected chi connectivity index (χ2v) is 6.47. The van der Waals surface area contributed by atoms with Gasteiger partial charge in [0.2, 0.25) is 11.7 Å². The van der Waals surface area contributed by atoms with Crippen LogP contribution in [0.5, 0.6) is 0 Å². The normalized spacial score (nSPS) is 12.3. The number of aromatic nitrogens is 4. The Morgan fingerprint density at radius 2 is 2.05 bits per heavy atom. The first-order valence-corrected chi connectivity index (χ1v) is 6.96. The van der Waals surface area contributed by atoms with Crippen molar-refractivity contribution >= 4 is 5.82 Å². The molecule has 0 radical (unpaired) electrons. The van der Waals surface area contributed by atoms with Gasteiger partial charge < -0.3 is 10.3 Å². The Bertz CT molecular complexity index is 577. The number of hydrogen-bond acceptors (Lipinski definition) is 5. The first kappa shape index (κ1) is 14.6. The van der Waals surface area contributed by atoms with Crippen LogP contribution < -0.4 is 5.73 Å². The molecule has 0 aliphatic rings.